The zero-order valence-corrected chi connectivity index (χ0v) is 26.6. The van der Waals surface area contributed by atoms with Crippen LogP contribution in [-0.2, 0) is 26.2 Å². The van der Waals surface area contributed by atoms with Crippen LogP contribution in [0.15, 0.2) is 71.6 Å². The highest BCUT2D eigenvalue weighted by Crippen LogP contribution is 2.29. The molecule has 1 atom stereocenters. The fourth-order valence-corrected chi connectivity index (χ4v) is 7.04. The summed E-state index contributed by atoms with van der Waals surface area (Å²) in [6.07, 6.45) is 4.97. The van der Waals surface area contributed by atoms with Crippen LogP contribution in [0.2, 0.25) is 15.1 Å². The van der Waals surface area contributed by atoms with Crippen molar-refractivity contribution >= 4 is 62.3 Å². The van der Waals surface area contributed by atoms with Gasteiger partial charge in [-0.3, -0.25) is 13.9 Å². The van der Waals surface area contributed by atoms with Gasteiger partial charge >= 0.3 is 0 Å². The first-order valence-corrected chi connectivity index (χ1v) is 16.4. The van der Waals surface area contributed by atoms with Crippen LogP contribution in [0.25, 0.3) is 0 Å². The molecule has 1 N–H and O–H groups in total. The third-order valence-electron chi connectivity index (χ3n) is 7.53. The Hall–Kier alpha value is -2.78. The Kier molecular flexibility index (Phi) is 10.8. The molecule has 0 bridgehead atoms. The predicted octanol–water partition coefficient (Wildman–Crippen LogP) is 7.02. The van der Waals surface area contributed by atoms with E-state index in [4.69, 9.17) is 34.8 Å². The predicted molar refractivity (Wildman–Crippen MR) is 169 cm³/mol. The molecular formula is C31H34Cl3N3O4S. The van der Waals surface area contributed by atoms with E-state index in [9.17, 15) is 18.0 Å². The minimum Gasteiger partial charge on any atom is -0.352 e. The first kappa shape index (κ1) is 32.1. The molecule has 1 aliphatic rings. The molecule has 7 nitrogen and oxygen atoms in total. The Morgan fingerprint density at radius 1 is 0.929 bits per heavy atom. The van der Waals surface area contributed by atoms with Gasteiger partial charge in [0.2, 0.25) is 11.8 Å². The molecule has 0 heterocycles. The standard InChI is InChI=1S/C31H34Cl3N3O4S/c1-21-13-16-26(18-28(21)33)37(42(40,41)27-11-7-4-8-12-27)20-30(38)36(19-23-14-15-24(32)17-29(23)34)22(2)31(39)35-25-9-5-3-6-10-25/h4,7-8,11-18,22,25H,3,5-6,9-10,19-20H2,1-2H3,(H,35,39). The van der Waals surface area contributed by atoms with Gasteiger partial charge in [0, 0.05) is 27.7 Å². The van der Waals surface area contributed by atoms with Gasteiger partial charge in [0.1, 0.15) is 12.6 Å². The van der Waals surface area contributed by atoms with Gasteiger partial charge < -0.3 is 10.2 Å². The number of nitrogens with one attached hydrogen (secondary N) is 1. The Morgan fingerprint density at radius 2 is 1.62 bits per heavy atom. The Balaban J connectivity index is 1.70. The number of hydrogen-bond acceptors (Lipinski definition) is 4. The first-order chi connectivity index (χ1) is 20.0. The Labute approximate surface area is 262 Å². The topological polar surface area (TPSA) is 86.8 Å². The molecule has 224 valence electrons. The Bertz CT molecular complexity index is 1530. The van der Waals surface area contributed by atoms with Gasteiger partial charge in [0.25, 0.3) is 10.0 Å². The normalized spacial score (nSPS) is 14.7. The molecule has 1 unspecified atom stereocenters. The maximum absolute atomic E-state index is 14.1. The van der Waals surface area contributed by atoms with E-state index in [0.717, 1.165) is 42.0 Å². The maximum Gasteiger partial charge on any atom is 0.264 e. The van der Waals surface area contributed by atoms with E-state index >= 15 is 0 Å². The number of nitrogens with zero attached hydrogens (tertiary/aromatic N) is 2. The molecule has 1 fully saturated rings. The molecule has 1 saturated carbocycles. The highest BCUT2D eigenvalue weighted by Gasteiger charge is 2.33. The number of hydrogen-bond donors (Lipinski definition) is 1. The quantitative estimate of drug-likeness (QED) is 0.256. The fourth-order valence-electron chi connectivity index (χ4n) is 4.97. The second kappa shape index (κ2) is 14.1. The lowest BCUT2D eigenvalue weighted by Gasteiger charge is -2.33. The third kappa shape index (κ3) is 7.78. The zero-order chi connectivity index (χ0) is 30.4. The molecule has 3 aromatic carbocycles. The van der Waals surface area contributed by atoms with Crippen molar-refractivity contribution in [1.29, 1.82) is 0 Å². The molecule has 0 saturated heterocycles. The van der Waals surface area contributed by atoms with Gasteiger partial charge in [-0.2, -0.15) is 0 Å². The van der Waals surface area contributed by atoms with E-state index < -0.39 is 28.5 Å². The van der Waals surface area contributed by atoms with Crippen LogP contribution in [0.4, 0.5) is 5.69 Å². The number of carbonyl (C=O) groups is 2. The van der Waals surface area contributed by atoms with Gasteiger partial charge in [-0.25, -0.2) is 8.42 Å². The SMILES string of the molecule is Cc1ccc(N(CC(=O)N(Cc2ccc(Cl)cc2Cl)C(C)C(=O)NC2CCCCC2)S(=O)(=O)c2ccccc2)cc1Cl. The lowest BCUT2D eigenvalue weighted by Crippen LogP contribution is -2.53. The highest BCUT2D eigenvalue weighted by atomic mass is 35.5. The first-order valence-electron chi connectivity index (χ1n) is 13.8. The van der Waals surface area contributed by atoms with Crippen LogP contribution in [0.5, 0.6) is 0 Å². The summed E-state index contributed by atoms with van der Waals surface area (Å²) in [5.74, 6) is -0.889. The molecule has 11 heteroatoms. The second-order valence-electron chi connectivity index (χ2n) is 10.5. The largest absolute Gasteiger partial charge is 0.352 e. The highest BCUT2D eigenvalue weighted by molar-refractivity contribution is 7.92. The molecule has 4 rings (SSSR count). The van der Waals surface area contributed by atoms with Gasteiger partial charge in [0.05, 0.1) is 10.6 Å². The second-order valence-corrected chi connectivity index (χ2v) is 13.6. The van der Waals surface area contributed by atoms with Crippen LogP contribution in [0.1, 0.15) is 50.2 Å². The Morgan fingerprint density at radius 3 is 2.26 bits per heavy atom. The van der Waals surface area contributed by atoms with Gasteiger partial charge in [-0.15, -0.1) is 0 Å². The summed E-state index contributed by atoms with van der Waals surface area (Å²) >= 11 is 18.9. The minimum atomic E-state index is -4.18. The fraction of sp³-hybridized carbons (Fsp3) is 0.355. The molecule has 0 spiro atoms. The molecule has 0 radical (unpaired) electrons. The van der Waals surface area contributed by atoms with Gasteiger partial charge in [0.15, 0.2) is 0 Å². The van der Waals surface area contributed by atoms with Gasteiger partial charge in [-0.05, 0) is 74.2 Å². The van der Waals surface area contributed by atoms with Crippen molar-refractivity contribution in [3.8, 4) is 0 Å². The van der Waals surface area contributed by atoms with Crippen molar-refractivity contribution in [2.45, 2.75) is 69.5 Å². The number of benzene rings is 3. The van der Waals surface area contributed by atoms with Crippen LogP contribution in [-0.4, -0.2) is 43.8 Å². The van der Waals surface area contributed by atoms with Crippen molar-refractivity contribution in [1.82, 2.24) is 10.2 Å². The summed E-state index contributed by atoms with van der Waals surface area (Å²) in [6.45, 7) is 2.85. The summed E-state index contributed by atoms with van der Waals surface area (Å²) in [6, 6.07) is 16.7. The lowest BCUT2D eigenvalue weighted by atomic mass is 9.95. The number of anilines is 1. The minimum absolute atomic E-state index is 0.0184. The average molecular weight is 651 g/mol. The monoisotopic (exact) mass is 649 g/mol. The van der Waals surface area contributed by atoms with Crippen molar-refractivity contribution in [2.75, 3.05) is 10.8 Å². The van der Waals surface area contributed by atoms with Crippen LogP contribution >= 0.6 is 34.8 Å². The smallest absolute Gasteiger partial charge is 0.264 e. The summed E-state index contributed by atoms with van der Waals surface area (Å²) < 4.78 is 28.8. The molecular weight excluding hydrogens is 617 g/mol. The van der Waals surface area contributed by atoms with Crippen molar-refractivity contribution in [3.05, 3.63) is 92.9 Å². The number of amides is 2. The van der Waals surface area contributed by atoms with E-state index in [1.54, 1.807) is 62.4 Å². The average Bonchev–Trinajstić information content (AvgIpc) is 2.97. The van der Waals surface area contributed by atoms with Crippen LogP contribution < -0.4 is 9.62 Å². The molecule has 0 aromatic heterocycles. The van der Waals surface area contributed by atoms with E-state index in [2.05, 4.69) is 5.32 Å². The summed E-state index contributed by atoms with van der Waals surface area (Å²) in [5.41, 5.74) is 1.56. The van der Waals surface area contributed by atoms with E-state index in [-0.39, 0.29) is 29.1 Å². The van der Waals surface area contributed by atoms with Crippen molar-refractivity contribution < 1.29 is 18.0 Å². The number of halogens is 3. The van der Waals surface area contributed by atoms with Crippen molar-refractivity contribution in [3.63, 3.8) is 0 Å². The van der Waals surface area contributed by atoms with E-state index in [1.807, 2.05) is 0 Å². The molecule has 2 amide bonds. The van der Waals surface area contributed by atoms with Crippen molar-refractivity contribution in [2.24, 2.45) is 0 Å². The molecule has 42 heavy (non-hydrogen) atoms. The van der Waals surface area contributed by atoms with E-state index in [1.165, 1.54) is 23.1 Å². The summed E-state index contributed by atoms with van der Waals surface area (Å²) in [7, 11) is -4.18. The van der Waals surface area contributed by atoms with Crippen LogP contribution in [0.3, 0.4) is 0 Å². The van der Waals surface area contributed by atoms with Gasteiger partial charge in [-0.1, -0.05) is 84.4 Å². The molecule has 3 aromatic rings. The number of rotatable bonds is 10. The van der Waals surface area contributed by atoms with E-state index in [0.29, 0.717) is 20.6 Å². The number of carbonyl (C=O) groups excluding carboxylic acids is 2. The molecule has 1 aliphatic carbocycles. The summed E-state index contributed by atoms with van der Waals surface area (Å²) in [5, 5.41) is 4.21. The summed E-state index contributed by atoms with van der Waals surface area (Å²) in [4.78, 5) is 28.9. The molecule has 0 aliphatic heterocycles. The number of sulfonamides is 1. The maximum atomic E-state index is 14.1. The zero-order valence-electron chi connectivity index (χ0n) is 23.5. The third-order valence-corrected chi connectivity index (χ3v) is 10.3. The number of aryl methyl sites for hydroxylation is 1. The van der Waals surface area contributed by atoms with Crippen LogP contribution in [0, 0.1) is 6.92 Å². The lowest BCUT2D eigenvalue weighted by molar-refractivity contribution is -0.139.